The lowest BCUT2D eigenvalue weighted by atomic mass is 9.91. The number of likely N-dealkylation sites (tertiary alicyclic amines) is 1. The Morgan fingerprint density at radius 3 is 2.57 bits per heavy atom. The van der Waals surface area contributed by atoms with Crippen molar-refractivity contribution in [3.8, 4) is 11.1 Å². The minimum Gasteiger partial charge on any atom is -0.364 e. The Bertz CT molecular complexity index is 1790. The number of hydrogen-bond acceptors (Lipinski definition) is 9. The monoisotopic (exact) mass is 618 g/mol. The minimum atomic E-state index is -0.275. The number of pyridine rings is 1. The van der Waals surface area contributed by atoms with E-state index < -0.39 is 0 Å². The van der Waals surface area contributed by atoms with Gasteiger partial charge in [-0.1, -0.05) is 25.1 Å². The number of nitrogens with zero attached hydrogens (tertiary/aromatic N) is 7. The topological polar surface area (TPSA) is 133 Å². The minimum absolute atomic E-state index is 0.0239. The molecule has 2 amide bonds. The van der Waals surface area contributed by atoms with E-state index in [1.807, 2.05) is 36.7 Å². The third kappa shape index (κ3) is 5.36. The lowest BCUT2D eigenvalue weighted by molar-refractivity contribution is -0.117. The van der Waals surface area contributed by atoms with Gasteiger partial charge in [0.25, 0.3) is 5.91 Å². The summed E-state index contributed by atoms with van der Waals surface area (Å²) < 4.78 is 2.24. The molecule has 2 aliphatic carbocycles. The first-order chi connectivity index (χ1) is 22.5. The van der Waals surface area contributed by atoms with Crippen molar-refractivity contribution in [1.29, 1.82) is 0 Å². The molecular formula is C34H38N10O2. The van der Waals surface area contributed by atoms with E-state index in [9.17, 15) is 9.59 Å². The Hall–Kier alpha value is -4.84. The van der Waals surface area contributed by atoms with Crippen molar-refractivity contribution in [1.82, 2.24) is 35.2 Å². The van der Waals surface area contributed by atoms with Crippen molar-refractivity contribution >= 4 is 34.7 Å². The maximum absolute atomic E-state index is 13.2. The molecule has 4 aliphatic rings. The van der Waals surface area contributed by atoms with Gasteiger partial charge >= 0.3 is 0 Å². The number of benzene rings is 1. The van der Waals surface area contributed by atoms with Crippen molar-refractivity contribution in [3.05, 3.63) is 71.9 Å². The molecule has 1 unspecified atom stereocenters. The number of aromatic nitrogens is 5. The van der Waals surface area contributed by atoms with E-state index in [0.29, 0.717) is 17.5 Å². The first-order valence-corrected chi connectivity index (χ1v) is 16.3. The van der Waals surface area contributed by atoms with Gasteiger partial charge in [0.1, 0.15) is 0 Å². The largest absolute Gasteiger partial charge is 0.364 e. The van der Waals surface area contributed by atoms with Crippen LogP contribution in [-0.2, 0) is 11.3 Å². The number of carbonyl (C=O) groups excluding carboxylic acids is 2. The summed E-state index contributed by atoms with van der Waals surface area (Å²) in [5.74, 6) is 0.0149. The molecule has 46 heavy (non-hydrogen) atoms. The van der Waals surface area contributed by atoms with E-state index >= 15 is 0 Å². The molecule has 1 aromatic carbocycles. The molecule has 3 fully saturated rings. The summed E-state index contributed by atoms with van der Waals surface area (Å²) in [6.45, 7) is 4.91. The smallest absolute Gasteiger partial charge is 0.274 e. The molecule has 2 saturated carbocycles. The van der Waals surface area contributed by atoms with Crippen LogP contribution in [0.4, 0.5) is 22.9 Å². The molecule has 8 rings (SSSR count). The summed E-state index contributed by atoms with van der Waals surface area (Å²) in [6, 6.07) is 14.5. The fourth-order valence-electron chi connectivity index (χ4n) is 6.71. The maximum Gasteiger partial charge on any atom is 0.274 e. The molecular weight excluding hydrogens is 580 g/mol. The van der Waals surface area contributed by atoms with Crippen LogP contribution in [0.5, 0.6) is 0 Å². The van der Waals surface area contributed by atoms with Crippen LogP contribution in [0.1, 0.15) is 73.0 Å². The molecule has 236 valence electrons. The molecule has 3 aromatic heterocycles. The normalized spacial score (nSPS) is 19.2. The third-order valence-electron chi connectivity index (χ3n) is 9.47. The highest BCUT2D eigenvalue weighted by Gasteiger charge is 2.38. The van der Waals surface area contributed by atoms with E-state index in [2.05, 4.69) is 71.7 Å². The summed E-state index contributed by atoms with van der Waals surface area (Å²) in [5, 5.41) is 22.9. The number of rotatable bonds is 10. The van der Waals surface area contributed by atoms with Crippen molar-refractivity contribution in [2.75, 3.05) is 35.7 Å². The summed E-state index contributed by atoms with van der Waals surface area (Å²) in [4.78, 5) is 35.0. The molecule has 0 bridgehead atoms. The van der Waals surface area contributed by atoms with Gasteiger partial charge in [0.05, 0.1) is 46.7 Å². The molecule has 0 spiro atoms. The maximum atomic E-state index is 13.2. The van der Waals surface area contributed by atoms with Gasteiger partial charge in [0.15, 0.2) is 11.5 Å². The third-order valence-corrected chi connectivity index (χ3v) is 9.47. The SMILES string of the molecule is CCC1c2c(cnn2C2CN(Cc3ccccn3)C2)-c2cccc(Nc3cc(NC(=O)C4CC4)nnc3C(=O)NC3CC3)c2N1C. The molecule has 1 atom stereocenters. The van der Waals surface area contributed by atoms with Crippen LogP contribution >= 0.6 is 0 Å². The molecule has 0 radical (unpaired) electrons. The first-order valence-electron chi connectivity index (χ1n) is 16.3. The van der Waals surface area contributed by atoms with Crippen LogP contribution in [0.25, 0.3) is 11.1 Å². The molecule has 3 N–H and O–H groups in total. The van der Waals surface area contributed by atoms with Gasteiger partial charge in [0, 0.05) is 62.0 Å². The van der Waals surface area contributed by atoms with Crippen LogP contribution in [0.15, 0.2) is 54.9 Å². The number of nitrogens with one attached hydrogen (secondary N) is 3. The number of anilines is 4. The Kier molecular flexibility index (Phi) is 7.16. The second kappa shape index (κ2) is 11.5. The van der Waals surface area contributed by atoms with Gasteiger partial charge in [-0.15, -0.1) is 10.2 Å². The zero-order chi connectivity index (χ0) is 31.4. The van der Waals surface area contributed by atoms with E-state index in [-0.39, 0.29) is 35.5 Å². The molecule has 12 nitrogen and oxygen atoms in total. The van der Waals surface area contributed by atoms with Gasteiger partial charge in [0.2, 0.25) is 5.91 Å². The van der Waals surface area contributed by atoms with Crippen molar-refractivity contribution in [3.63, 3.8) is 0 Å². The highest BCUT2D eigenvalue weighted by Crippen LogP contribution is 2.50. The number of fused-ring (bicyclic) bond motifs is 3. The van der Waals surface area contributed by atoms with Crippen LogP contribution in [0.3, 0.4) is 0 Å². The molecule has 4 aromatic rings. The van der Waals surface area contributed by atoms with E-state index in [4.69, 9.17) is 5.10 Å². The van der Waals surface area contributed by atoms with Crippen molar-refractivity contribution in [2.24, 2.45) is 5.92 Å². The molecule has 1 saturated heterocycles. The molecule has 2 aliphatic heterocycles. The lowest BCUT2D eigenvalue weighted by Gasteiger charge is -2.43. The highest BCUT2D eigenvalue weighted by molar-refractivity contribution is 6.01. The van der Waals surface area contributed by atoms with Crippen molar-refractivity contribution in [2.45, 2.75) is 63.7 Å². The van der Waals surface area contributed by atoms with E-state index in [1.165, 1.54) is 5.69 Å². The predicted octanol–water partition coefficient (Wildman–Crippen LogP) is 4.68. The fraction of sp³-hybridized carbons (Fsp3) is 0.412. The standard InChI is InChI=1S/C34H38N10O2/c1-3-28-32-25(16-36-44(32)23-18-43(19-23)17-22-7-4-5-14-35-22)24-8-6-9-26(31(24)42(28)2)38-27-15-29(39-33(45)20-10-11-20)40-41-30(27)34(46)37-21-12-13-21/h4-9,14-16,20-21,23,28H,3,10-13,17-19H2,1-2H3,(H,37,46)(H2,38,39,40,45). The Morgan fingerprint density at radius 2 is 1.83 bits per heavy atom. The van der Waals surface area contributed by atoms with E-state index in [0.717, 1.165) is 79.9 Å². The fourth-order valence-corrected chi connectivity index (χ4v) is 6.71. The van der Waals surface area contributed by atoms with Crippen LogP contribution in [-0.4, -0.2) is 67.9 Å². The Morgan fingerprint density at radius 1 is 0.978 bits per heavy atom. The Balaban J connectivity index is 1.10. The average molecular weight is 619 g/mol. The second-order valence-corrected chi connectivity index (χ2v) is 12.9. The van der Waals surface area contributed by atoms with E-state index in [1.54, 1.807) is 6.07 Å². The molecule has 5 heterocycles. The summed E-state index contributed by atoms with van der Waals surface area (Å²) in [6.07, 6.45) is 8.45. The number of para-hydroxylation sites is 1. The lowest BCUT2D eigenvalue weighted by Crippen LogP contribution is -2.48. The summed E-state index contributed by atoms with van der Waals surface area (Å²) >= 11 is 0. The van der Waals surface area contributed by atoms with Gasteiger partial charge < -0.3 is 20.9 Å². The quantitative estimate of drug-likeness (QED) is 0.232. The van der Waals surface area contributed by atoms with Gasteiger partial charge in [-0.3, -0.25) is 24.2 Å². The number of hydrogen-bond donors (Lipinski definition) is 3. The first kappa shape index (κ1) is 28.6. The zero-order valence-corrected chi connectivity index (χ0v) is 26.1. The van der Waals surface area contributed by atoms with Gasteiger partial charge in [-0.25, -0.2) is 0 Å². The van der Waals surface area contributed by atoms with Crippen LogP contribution in [0.2, 0.25) is 0 Å². The summed E-state index contributed by atoms with van der Waals surface area (Å²) in [7, 11) is 2.12. The van der Waals surface area contributed by atoms with Gasteiger partial charge in [-0.05, 0) is 50.3 Å². The highest BCUT2D eigenvalue weighted by atomic mass is 16.2. The number of amides is 2. The second-order valence-electron chi connectivity index (χ2n) is 12.9. The van der Waals surface area contributed by atoms with Crippen molar-refractivity contribution < 1.29 is 9.59 Å². The average Bonchev–Trinajstić information content (AvgIpc) is 3.98. The van der Waals surface area contributed by atoms with Crippen LogP contribution < -0.4 is 20.9 Å². The predicted molar refractivity (Wildman–Crippen MR) is 175 cm³/mol. The number of carbonyl (C=O) groups is 2. The molecule has 12 heteroatoms. The Labute approximate surface area is 267 Å². The summed E-state index contributed by atoms with van der Waals surface area (Å²) in [5.41, 5.74) is 7.10. The van der Waals surface area contributed by atoms with Gasteiger partial charge in [-0.2, -0.15) is 5.10 Å². The zero-order valence-electron chi connectivity index (χ0n) is 26.1. The van der Waals surface area contributed by atoms with Crippen LogP contribution in [0, 0.1) is 5.92 Å².